The third kappa shape index (κ3) is 6.39. The van der Waals surface area contributed by atoms with E-state index in [0.29, 0.717) is 5.02 Å². The smallest absolute Gasteiger partial charge is 0.122 e. The zero-order valence-corrected chi connectivity index (χ0v) is 19.3. The topological polar surface area (TPSA) is 54.3 Å². The van der Waals surface area contributed by atoms with E-state index in [1.54, 1.807) is 14.2 Å². The third-order valence-electron chi connectivity index (χ3n) is 5.70. The number of methoxy groups -OCH3 is 2. The Hall–Kier alpha value is -2.22. The van der Waals surface area contributed by atoms with E-state index in [0.717, 1.165) is 55.8 Å². The van der Waals surface area contributed by atoms with Crippen molar-refractivity contribution in [3.8, 4) is 17.6 Å². The molecule has 0 saturated carbocycles. The van der Waals surface area contributed by atoms with Gasteiger partial charge in [0.1, 0.15) is 11.5 Å². The lowest BCUT2D eigenvalue weighted by molar-refractivity contribution is 0.356. The second kappa shape index (κ2) is 11.8. The molecule has 2 aromatic carbocycles. The van der Waals surface area contributed by atoms with Crippen LogP contribution in [-0.2, 0) is 11.8 Å². The molecular weight excluding hydrogens is 396 g/mol. The van der Waals surface area contributed by atoms with Crippen LogP contribution >= 0.6 is 11.6 Å². The van der Waals surface area contributed by atoms with E-state index in [1.165, 1.54) is 5.56 Å². The average Bonchev–Trinajstić information content (AvgIpc) is 2.76. The van der Waals surface area contributed by atoms with Gasteiger partial charge in [-0.15, -0.1) is 0 Å². The minimum absolute atomic E-state index is 0.228. The van der Waals surface area contributed by atoms with Crippen LogP contribution in [0.5, 0.6) is 11.5 Å². The molecule has 0 bridgehead atoms. The number of hydrogen-bond acceptors (Lipinski definition) is 4. The molecule has 0 aliphatic heterocycles. The lowest BCUT2D eigenvalue weighted by Crippen LogP contribution is -2.32. The van der Waals surface area contributed by atoms with E-state index in [-0.39, 0.29) is 5.92 Å². The average molecular weight is 429 g/mol. The quantitative estimate of drug-likeness (QED) is 0.435. The molecule has 1 N–H and O–H groups in total. The number of benzene rings is 2. The summed E-state index contributed by atoms with van der Waals surface area (Å²) in [6, 6.07) is 16.3. The highest BCUT2D eigenvalue weighted by atomic mass is 35.5. The first-order valence-corrected chi connectivity index (χ1v) is 10.9. The molecule has 0 radical (unpaired) electrons. The predicted octanol–water partition coefficient (Wildman–Crippen LogP) is 5.78. The second-order valence-corrected chi connectivity index (χ2v) is 8.36. The molecule has 0 spiro atoms. The SMILES string of the molecule is COc1cc(CCCNCCCC(C#N)(c2ccc(Cl)cc2)C(C)C)cc(OC)c1. The Bertz CT molecular complexity index is 808. The van der Waals surface area contributed by atoms with Crippen molar-refractivity contribution in [2.75, 3.05) is 27.3 Å². The number of halogens is 1. The van der Waals surface area contributed by atoms with Gasteiger partial charge in [0.2, 0.25) is 0 Å². The van der Waals surface area contributed by atoms with Crippen molar-refractivity contribution in [3.63, 3.8) is 0 Å². The molecule has 0 heterocycles. The molecule has 1 unspecified atom stereocenters. The Kier molecular flexibility index (Phi) is 9.49. The van der Waals surface area contributed by atoms with Gasteiger partial charge in [-0.2, -0.15) is 5.26 Å². The Morgan fingerprint density at radius 1 is 1.00 bits per heavy atom. The van der Waals surface area contributed by atoms with E-state index < -0.39 is 5.41 Å². The second-order valence-electron chi connectivity index (χ2n) is 7.92. The fourth-order valence-electron chi connectivity index (χ4n) is 3.81. The van der Waals surface area contributed by atoms with E-state index in [2.05, 4.69) is 37.4 Å². The first kappa shape index (κ1) is 24.1. The van der Waals surface area contributed by atoms with Gasteiger partial charge in [-0.05, 0) is 80.1 Å². The molecule has 4 nitrogen and oxygen atoms in total. The van der Waals surface area contributed by atoms with Crippen molar-refractivity contribution < 1.29 is 9.47 Å². The van der Waals surface area contributed by atoms with E-state index in [1.807, 2.05) is 30.3 Å². The molecule has 2 rings (SSSR count). The molecule has 0 amide bonds. The van der Waals surface area contributed by atoms with Crippen molar-refractivity contribution in [1.29, 1.82) is 5.26 Å². The molecule has 30 heavy (non-hydrogen) atoms. The summed E-state index contributed by atoms with van der Waals surface area (Å²) in [7, 11) is 3.34. The summed E-state index contributed by atoms with van der Waals surface area (Å²) in [6.45, 7) is 6.06. The van der Waals surface area contributed by atoms with Gasteiger partial charge in [0, 0.05) is 11.1 Å². The minimum Gasteiger partial charge on any atom is -0.497 e. The van der Waals surface area contributed by atoms with E-state index in [4.69, 9.17) is 21.1 Å². The number of rotatable bonds is 12. The predicted molar refractivity (Wildman–Crippen MR) is 124 cm³/mol. The Labute approximate surface area is 186 Å². The van der Waals surface area contributed by atoms with Crippen LogP contribution in [0.1, 0.15) is 44.2 Å². The van der Waals surface area contributed by atoms with Crippen molar-refractivity contribution in [2.45, 2.75) is 44.9 Å². The fraction of sp³-hybridized carbons (Fsp3) is 0.480. The third-order valence-corrected chi connectivity index (χ3v) is 5.95. The summed E-state index contributed by atoms with van der Waals surface area (Å²) in [5.41, 5.74) is 1.78. The van der Waals surface area contributed by atoms with Gasteiger partial charge in [0.15, 0.2) is 0 Å². The van der Waals surface area contributed by atoms with Crippen molar-refractivity contribution in [2.24, 2.45) is 5.92 Å². The maximum absolute atomic E-state index is 10.00. The van der Waals surface area contributed by atoms with Crippen LogP contribution in [-0.4, -0.2) is 27.3 Å². The summed E-state index contributed by atoms with van der Waals surface area (Å²) in [4.78, 5) is 0. The number of nitrogens with one attached hydrogen (secondary N) is 1. The lowest BCUT2D eigenvalue weighted by Gasteiger charge is -2.31. The number of nitriles is 1. The number of nitrogens with zero attached hydrogens (tertiary/aromatic N) is 1. The molecule has 162 valence electrons. The normalized spacial score (nSPS) is 13.0. The van der Waals surface area contributed by atoms with Gasteiger partial charge in [-0.1, -0.05) is 37.6 Å². The monoisotopic (exact) mass is 428 g/mol. The van der Waals surface area contributed by atoms with Gasteiger partial charge < -0.3 is 14.8 Å². The molecule has 0 fully saturated rings. The molecule has 5 heteroatoms. The van der Waals surface area contributed by atoms with Crippen LogP contribution in [0.2, 0.25) is 5.02 Å². The van der Waals surface area contributed by atoms with Crippen LogP contribution in [0.4, 0.5) is 0 Å². The standard InChI is InChI=1S/C25H33ClN2O2/c1-19(2)25(18-27,21-8-10-22(26)11-9-21)12-6-14-28-13-5-7-20-15-23(29-3)17-24(16-20)30-4/h8-11,15-17,19,28H,5-7,12-14H2,1-4H3. The molecule has 2 aromatic rings. The van der Waals surface area contributed by atoms with E-state index in [9.17, 15) is 5.26 Å². The highest BCUT2D eigenvalue weighted by Crippen LogP contribution is 2.36. The van der Waals surface area contributed by atoms with Crippen LogP contribution in [0.15, 0.2) is 42.5 Å². The zero-order valence-electron chi connectivity index (χ0n) is 18.5. The Morgan fingerprint density at radius 2 is 1.60 bits per heavy atom. The Balaban J connectivity index is 1.81. The maximum atomic E-state index is 10.00. The summed E-state index contributed by atoms with van der Waals surface area (Å²) >= 11 is 6.03. The summed E-state index contributed by atoms with van der Waals surface area (Å²) < 4.78 is 10.7. The summed E-state index contributed by atoms with van der Waals surface area (Å²) in [5.74, 6) is 1.87. The molecular formula is C25H33ClN2O2. The van der Waals surface area contributed by atoms with Crippen LogP contribution < -0.4 is 14.8 Å². The highest BCUT2D eigenvalue weighted by Gasteiger charge is 2.35. The van der Waals surface area contributed by atoms with Gasteiger partial charge in [-0.3, -0.25) is 0 Å². The molecule has 0 saturated heterocycles. The van der Waals surface area contributed by atoms with Crippen LogP contribution in [0.3, 0.4) is 0 Å². The molecule has 1 atom stereocenters. The molecule has 0 aliphatic rings. The number of ether oxygens (including phenoxy) is 2. The first-order valence-electron chi connectivity index (χ1n) is 10.5. The van der Waals surface area contributed by atoms with Crippen molar-refractivity contribution in [1.82, 2.24) is 5.32 Å². The van der Waals surface area contributed by atoms with Gasteiger partial charge in [0.25, 0.3) is 0 Å². The summed E-state index contributed by atoms with van der Waals surface area (Å²) in [6.07, 6.45) is 3.75. The van der Waals surface area contributed by atoms with Crippen LogP contribution in [0, 0.1) is 17.2 Å². The number of hydrogen-bond donors (Lipinski definition) is 1. The largest absolute Gasteiger partial charge is 0.497 e. The maximum Gasteiger partial charge on any atom is 0.122 e. The number of aryl methyl sites for hydroxylation is 1. The first-order chi connectivity index (χ1) is 14.4. The minimum atomic E-state index is -0.483. The van der Waals surface area contributed by atoms with E-state index >= 15 is 0 Å². The van der Waals surface area contributed by atoms with Crippen molar-refractivity contribution >= 4 is 11.6 Å². The lowest BCUT2D eigenvalue weighted by atomic mass is 9.70. The molecule has 0 aromatic heterocycles. The zero-order chi connectivity index (χ0) is 22.0. The van der Waals surface area contributed by atoms with Gasteiger partial charge >= 0.3 is 0 Å². The highest BCUT2D eigenvalue weighted by molar-refractivity contribution is 6.30. The Morgan fingerprint density at radius 3 is 2.13 bits per heavy atom. The van der Waals surface area contributed by atoms with Crippen LogP contribution in [0.25, 0.3) is 0 Å². The van der Waals surface area contributed by atoms with Gasteiger partial charge in [-0.25, -0.2) is 0 Å². The molecule has 0 aliphatic carbocycles. The van der Waals surface area contributed by atoms with Gasteiger partial charge in [0.05, 0.1) is 25.7 Å². The fourth-order valence-corrected chi connectivity index (χ4v) is 3.93. The van der Waals surface area contributed by atoms with Crippen molar-refractivity contribution in [3.05, 3.63) is 58.6 Å². The summed E-state index contributed by atoms with van der Waals surface area (Å²) in [5, 5.41) is 14.2.